The molecule has 0 N–H and O–H groups in total. The van der Waals surface area contributed by atoms with Crippen LogP contribution in [0, 0.1) is 0 Å². The lowest BCUT2D eigenvalue weighted by Gasteiger charge is -2.19. The van der Waals surface area contributed by atoms with Crippen LogP contribution in [-0.4, -0.2) is 50.8 Å². The first kappa shape index (κ1) is 17.5. The molecule has 25 heavy (non-hydrogen) atoms. The van der Waals surface area contributed by atoms with Gasteiger partial charge >= 0.3 is 0 Å². The summed E-state index contributed by atoms with van der Waals surface area (Å²) in [4.78, 5) is 6.91. The van der Waals surface area contributed by atoms with Gasteiger partial charge in [0.15, 0.2) is 11.5 Å². The highest BCUT2D eigenvalue weighted by Gasteiger charge is 2.23. The molecule has 0 atom stereocenters. The van der Waals surface area contributed by atoms with E-state index in [0.717, 1.165) is 56.1 Å². The highest BCUT2D eigenvalue weighted by molar-refractivity contribution is 5.59. The molecule has 0 aliphatic carbocycles. The maximum Gasteiger partial charge on any atom is 0.203 e. The van der Waals surface area contributed by atoms with E-state index >= 15 is 0 Å². The van der Waals surface area contributed by atoms with Crippen molar-refractivity contribution in [1.29, 1.82) is 0 Å². The van der Waals surface area contributed by atoms with Crippen molar-refractivity contribution in [2.45, 2.75) is 19.3 Å². The lowest BCUT2D eigenvalue weighted by atomic mass is 10.0. The number of hydrogen-bond donors (Lipinski definition) is 0. The third-order valence-corrected chi connectivity index (χ3v) is 4.81. The fourth-order valence-corrected chi connectivity index (χ4v) is 3.47. The summed E-state index contributed by atoms with van der Waals surface area (Å²) in [6, 6.07) is 8.19. The van der Waals surface area contributed by atoms with Crippen molar-refractivity contribution in [3.05, 3.63) is 47.3 Å². The van der Waals surface area contributed by atoms with Gasteiger partial charge in [-0.05, 0) is 36.6 Å². The van der Waals surface area contributed by atoms with Crippen LogP contribution in [0.2, 0.25) is 0 Å². The van der Waals surface area contributed by atoms with E-state index in [9.17, 15) is 0 Å². The first-order valence-corrected chi connectivity index (χ1v) is 8.69. The van der Waals surface area contributed by atoms with Gasteiger partial charge in [-0.3, -0.25) is 4.98 Å². The minimum Gasteiger partial charge on any atom is -0.493 e. The average molecular weight is 342 g/mol. The molecule has 0 bridgehead atoms. The topological polar surface area (TPSA) is 43.8 Å². The van der Waals surface area contributed by atoms with E-state index in [2.05, 4.69) is 22.0 Å². The van der Waals surface area contributed by atoms with Crippen molar-refractivity contribution in [1.82, 2.24) is 9.88 Å². The van der Waals surface area contributed by atoms with E-state index < -0.39 is 0 Å². The maximum absolute atomic E-state index is 5.66. The summed E-state index contributed by atoms with van der Waals surface area (Å²) in [5, 5.41) is 0. The Labute approximate surface area is 149 Å². The summed E-state index contributed by atoms with van der Waals surface area (Å²) in [6.07, 6.45) is 4.76. The van der Waals surface area contributed by atoms with Gasteiger partial charge in [0.1, 0.15) is 0 Å². The zero-order chi connectivity index (χ0) is 17.6. The van der Waals surface area contributed by atoms with Crippen molar-refractivity contribution in [2.24, 2.45) is 0 Å². The Hall–Kier alpha value is -2.27. The SMILES string of the molecule is COc1cc2c(c(OC)c1OC)CCN(CCc1ccccn1)CC2. The summed E-state index contributed by atoms with van der Waals surface area (Å²) in [6.45, 7) is 3.05. The van der Waals surface area contributed by atoms with Crippen LogP contribution in [0.25, 0.3) is 0 Å². The van der Waals surface area contributed by atoms with Gasteiger partial charge < -0.3 is 19.1 Å². The molecule has 5 heteroatoms. The quantitative estimate of drug-likeness (QED) is 0.808. The Kier molecular flexibility index (Phi) is 5.76. The van der Waals surface area contributed by atoms with Crippen LogP contribution in [0.3, 0.4) is 0 Å². The first-order chi connectivity index (χ1) is 12.3. The molecule has 3 rings (SSSR count). The summed E-state index contributed by atoms with van der Waals surface area (Å²) >= 11 is 0. The van der Waals surface area contributed by atoms with E-state index in [1.54, 1.807) is 21.3 Å². The Morgan fingerprint density at radius 2 is 1.80 bits per heavy atom. The fourth-order valence-electron chi connectivity index (χ4n) is 3.47. The molecule has 0 fully saturated rings. The van der Waals surface area contributed by atoms with E-state index in [-0.39, 0.29) is 0 Å². The van der Waals surface area contributed by atoms with Crippen molar-refractivity contribution in [3.63, 3.8) is 0 Å². The summed E-state index contributed by atoms with van der Waals surface area (Å²) in [7, 11) is 5.02. The molecule has 0 spiro atoms. The Bertz CT molecular complexity index is 704. The second kappa shape index (κ2) is 8.21. The summed E-state index contributed by atoms with van der Waals surface area (Å²) < 4.78 is 16.7. The molecular formula is C20H26N2O3. The van der Waals surface area contributed by atoms with Crippen LogP contribution in [0.4, 0.5) is 0 Å². The standard InChI is InChI=1S/C20H26N2O3/c1-23-18-14-15-7-11-22(12-8-16-6-4-5-10-21-16)13-9-17(15)19(24-2)20(18)25-3/h4-6,10,14H,7-9,11-13H2,1-3H3. The minimum atomic E-state index is 0.686. The molecule has 0 saturated carbocycles. The zero-order valence-corrected chi connectivity index (χ0v) is 15.2. The summed E-state index contributed by atoms with van der Waals surface area (Å²) in [5.74, 6) is 2.23. The van der Waals surface area contributed by atoms with Crippen LogP contribution in [-0.2, 0) is 19.3 Å². The minimum absolute atomic E-state index is 0.686. The average Bonchev–Trinajstić information content (AvgIpc) is 2.87. The first-order valence-electron chi connectivity index (χ1n) is 8.69. The van der Waals surface area contributed by atoms with Crippen molar-refractivity contribution in [3.8, 4) is 17.2 Å². The largest absolute Gasteiger partial charge is 0.493 e. The fraction of sp³-hybridized carbons (Fsp3) is 0.450. The van der Waals surface area contributed by atoms with Crippen LogP contribution >= 0.6 is 0 Å². The number of methoxy groups -OCH3 is 3. The van der Waals surface area contributed by atoms with E-state index in [1.807, 2.05) is 18.3 Å². The van der Waals surface area contributed by atoms with Gasteiger partial charge in [-0.2, -0.15) is 0 Å². The molecule has 1 aliphatic heterocycles. The summed E-state index contributed by atoms with van der Waals surface area (Å²) in [5.41, 5.74) is 3.67. The molecule has 0 amide bonds. The predicted octanol–water partition coefficient (Wildman–Crippen LogP) is 2.75. The van der Waals surface area contributed by atoms with Gasteiger partial charge in [-0.15, -0.1) is 0 Å². The highest BCUT2D eigenvalue weighted by Crippen LogP contribution is 2.43. The van der Waals surface area contributed by atoms with Crippen LogP contribution in [0.1, 0.15) is 16.8 Å². The number of rotatable bonds is 6. The predicted molar refractivity (Wildman–Crippen MR) is 97.9 cm³/mol. The van der Waals surface area contributed by atoms with Gasteiger partial charge in [-0.1, -0.05) is 6.07 Å². The lowest BCUT2D eigenvalue weighted by Crippen LogP contribution is -2.28. The number of aromatic nitrogens is 1. The van der Waals surface area contributed by atoms with E-state index in [4.69, 9.17) is 14.2 Å². The number of nitrogens with zero attached hydrogens (tertiary/aromatic N) is 2. The van der Waals surface area contributed by atoms with E-state index in [0.29, 0.717) is 5.75 Å². The number of pyridine rings is 1. The van der Waals surface area contributed by atoms with Crippen LogP contribution in [0.15, 0.2) is 30.5 Å². The molecule has 2 aromatic rings. The second-order valence-electron chi connectivity index (χ2n) is 6.20. The molecule has 5 nitrogen and oxygen atoms in total. The van der Waals surface area contributed by atoms with Gasteiger partial charge in [0.05, 0.1) is 21.3 Å². The van der Waals surface area contributed by atoms with Gasteiger partial charge in [-0.25, -0.2) is 0 Å². The molecule has 0 radical (unpaired) electrons. The third kappa shape index (κ3) is 3.87. The van der Waals surface area contributed by atoms with Crippen LogP contribution in [0.5, 0.6) is 17.2 Å². The molecule has 1 aromatic heterocycles. The molecule has 1 aliphatic rings. The van der Waals surface area contributed by atoms with Gasteiger partial charge in [0.25, 0.3) is 0 Å². The molecule has 0 saturated heterocycles. The van der Waals surface area contributed by atoms with Crippen LogP contribution < -0.4 is 14.2 Å². The molecule has 0 unspecified atom stereocenters. The molecule has 2 heterocycles. The maximum atomic E-state index is 5.66. The molecule has 134 valence electrons. The van der Waals surface area contributed by atoms with Crippen molar-refractivity contribution < 1.29 is 14.2 Å². The van der Waals surface area contributed by atoms with Crippen molar-refractivity contribution >= 4 is 0 Å². The Morgan fingerprint density at radius 1 is 1.00 bits per heavy atom. The molecular weight excluding hydrogens is 316 g/mol. The number of fused-ring (bicyclic) bond motifs is 1. The smallest absolute Gasteiger partial charge is 0.203 e. The Balaban J connectivity index is 1.75. The Morgan fingerprint density at radius 3 is 2.48 bits per heavy atom. The van der Waals surface area contributed by atoms with Gasteiger partial charge in [0.2, 0.25) is 5.75 Å². The van der Waals surface area contributed by atoms with Gasteiger partial charge in [0, 0.05) is 43.5 Å². The number of ether oxygens (including phenoxy) is 3. The van der Waals surface area contributed by atoms with Crippen molar-refractivity contribution in [2.75, 3.05) is 41.0 Å². The zero-order valence-electron chi connectivity index (χ0n) is 15.2. The third-order valence-electron chi connectivity index (χ3n) is 4.81. The lowest BCUT2D eigenvalue weighted by molar-refractivity contribution is 0.289. The normalized spacial score (nSPS) is 14.5. The monoisotopic (exact) mass is 342 g/mol. The highest BCUT2D eigenvalue weighted by atomic mass is 16.5. The number of hydrogen-bond acceptors (Lipinski definition) is 5. The van der Waals surface area contributed by atoms with E-state index in [1.165, 1.54) is 11.1 Å². The second-order valence-corrected chi connectivity index (χ2v) is 6.20. The number of benzene rings is 1. The molecule has 1 aromatic carbocycles.